The van der Waals surface area contributed by atoms with Crippen LogP contribution in [-0.2, 0) is 27.0 Å². The summed E-state index contributed by atoms with van der Waals surface area (Å²) in [5.41, 5.74) is 0. The van der Waals surface area contributed by atoms with Gasteiger partial charge in [-0.3, -0.25) is 4.79 Å². The molecule has 0 aromatic carbocycles. The quantitative estimate of drug-likeness (QED) is 0.609. The average Bonchev–Trinajstić information content (AvgIpc) is 2.72. The van der Waals surface area contributed by atoms with Gasteiger partial charge in [0.2, 0.25) is 0 Å². The van der Waals surface area contributed by atoms with E-state index < -0.39 is 8.32 Å². The molecule has 3 nitrogen and oxygen atoms in total. The van der Waals surface area contributed by atoms with Gasteiger partial charge in [-0.15, -0.1) is 11.3 Å². The van der Waals surface area contributed by atoms with Crippen molar-refractivity contribution in [1.82, 2.24) is 0 Å². The second-order valence-corrected chi connectivity index (χ2v) is 12.2. The topological polar surface area (TPSA) is 35.5 Å². The fraction of sp³-hybridized carbons (Fsp3) is 0.643. The number of rotatable bonds is 5. The number of carbonyl (C=O) groups excluding carboxylic acids is 1. The summed E-state index contributed by atoms with van der Waals surface area (Å²) >= 11 is 1.62. The summed E-state index contributed by atoms with van der Waals surface area (Å²) in [6, 6.07) is 4.02. The molecule has 108 valence electrons. The first-order valence-electron chi connectivity index (χ1n) is 6.44. The van der Waals surface area contributed by atoms with Crippen LogP contribution in [0.4, 0.5) is 0 Å². The van der Waals surface area contributed by atoms with Crippen LogP contribution in [0.3, 0.4) is 0 Å². The summed E-state index contributed by atoms with van der Waals surface area (Å²) in [4.78, 5) is 13.4. The maximum Gasteiger partial charge on any atom is 0.310 e. The van der Waals surface area contributed by atoms with Gasteiger partial charge in [0, 0.05) is 9.75 Å². The molecule has 1 aromatic heterocycles. The summed E-state index contributed by atoms with van der Waals surface area (Å²) in [5.74, 6) is -0.196. The van der Waals surface area contributed by atoms with Crippen LogP contribution >= 0.6 is 11.3 Å². The van der Waals surface area contributed by atoms with Crippen LogP contribution in [0.1, 0.15) is 30.5 Å². The lowest BCUT2D eigenvalue weighted by atomic mass is 10.2. The predicted molar refractivity (Wildman–Crippen MR) is 82.0 cm³/mol. The second-order valence-electron chi connectivity index (χ2n) is 6.17. The van der Waals surface area contributed by atoms with Crippen molar-refractivity contribution in [1.29, 1.82) is 0 Å². The first-order chi connectivity index (χ1) is 8.65. The Morgan fingerprint density at radius 3 is 2.37 bits per heavy atom. The Balaban J connectivity index is 2.58. The zero-order chi connectivity index (χ0) is 14.7. The third-order valence-electron chi connectivity index (χ3n) is 3.65. The van der Waals surface area contributed by atoms with Crippen LogP contribution in [0.2, 0.25) is 18.1 Å². The molecule has 0 aliphatic carbocycles. The van der Waals surface area contributed by atoms with Crippen molar-refractivity contribution < 1.29 is 14.0 Å². The summed E-state index contributed by atoms with van der Waals surface area (Å²) in [6.07, 6.45) is 0.348. The molecular formula is C14H24O3SSi. The smallest absolute Gasteiger partial charge is 0.310 e. The van der Waals surface area contributed by atoms with E-state index in [-0.39, 0.29) is 11.0 Å². The highest BCUT2D eigenvalue weighted by atomic mass is 32.1. The minimum atomic E-state index is -1.70. The van der Waals surface area contributed by atoms with Crippen LogP contribution in [0.15, 0.2) is 12.1 Å². The Kier molecular flexibility index (Phi) is 5.35. The SMILES string of the molecule is COC(=O)Cc1ccc(CO[Si](C)(C)C(C)(C)C)s1. The van der Waals surface area contributed by atoms with Crippen molar-refractivity contribution in [2.24, 2.45) is 0 Å². The van der Waals surface area contributed by atoms with Gasteiger partial charge in [0.15, 0.2) is 8.32 Å². The normalized spacial score (nSPS) is 12.5. The van der Waals surface area contributed by atoms with Gasteiger partial charge in [0.05, 0.1) is 20.1 Å². The maximum atomic E-state index is 11.2. The highest BCUT2D eigenvalue weighted by molar-refractivity contribution is 7.12. The highest BCUT2D eigenvalue weighted by Crippen LogP contribution is 2.37. The summed E-state index contributed by atoms with van der Waals surface area (Å²) in [6.45, 7) is 11.8. The van der Waals surface area contributed by atoms with Crippen molar-refractivity contribution in [2.75, 3.05) is 7.11 Å². The molecule has 0 fully saturated rings. The number of ether oxygens (including phenoxy) is 1. The van der Waals surface area contributed by atoms with Gasteiger partial charge in [-0.25, -0.2) is 0 Å². The van der Waals surface area contributed by atoms with E-state index in [2.05, 4.69) is 38.6 Å². The number of hydrogen-bond acceptors (Lipinski definition) is 4. The lowest BCUT2D eigenvalue weighted by Gasteiger charge is -2.36. The van der Waals surface area contributed by atoms with Crippen LogP contribution < -0.4 is 0 Å². The largest absolute Gasteiger partial charge is 0.469 e. The van der Waals surface area contributed by atoms with Crippen molar-refractivity contribution in [3.8, 4) is 0 Å². The first kappa shape index (κ1) is 16.4. The number of thiophene rings is 1. The van der Waals surface area contributed by atoms with Crippen LogP contribution in [0.25, 0.3) is 0 Å². The van der Waals surface area contributed by atoms with E-state index in [4.69, 9.17) is 4.43 Å². The van der Waals surface area contributed by atoms with E-state index in [9.17, 15) is 4.79 Å². The van der Waals surface area contributed by atoms with Crippen molar-refractivity contribution in [2.45, 2.75) is 51.9 Å². The predicted octanol–water partition coefficient (Wildman–Crippen LogP) is 3.99. The molecule has 0 aliphatic heterocycles. The van der Waals surface area contributed by atoms with E-state index in [0.717, 1.165) is 4.88 Å². The average molecular weight is 300 g/mol. The summed E-state index contributed by atoms with van der Waals surface area (Å²) < 4.78 is 10.8. The van der Waals surface area contributed by atoms with E-state index in [1.165, 1.54) is 12.0 Å². The Morgan fingerprint density at radius 2 is 1.84 bits per heavy atom. The molecule has 1 aromatic rings. The molecule has 1 rings (SSSR count). The zero-order valence-electron chi connectivity index (χ0n) is 12.7. The number of methoxy groups -OCH3 is 1. The Hall–Kier alpha value is -0.653. The fourth-order valence-corrected chi connectivity index (χ4v) is 3.25. The Bertz CT molecular complexity index is 432. The molecule has 0 spiro atoms. The van der Waals surface area contributed by atoms with Gasteiger partial charge in [0.25, 0.3) is 0 Å². The van der Waals surface area contributed by atoms with Gasteiger partial charge in [-0.2, -0.15) is 0 Å². The van der Waals surface area contributed by atoms with E-state index >= 15 is 0 Å². The minimum Gasteiger partial charge on any atom is -0.469 e. The second kappa shape index (κ2) is 6.20. The van der Waals surface area contributed by atoms with Gasteiger partial charge in [-0.05, 0) is 30.3 Å². The van der Waals surface area contributed by atoms with Gasteiger partial charge in [-0.1, -0.05) is 20.8 Å². The van der Waals surface area contributed by atoms with Crippen molar-refractivity contribution in [3.05, 3.63) is 21.9 Å². The lowest BCUT2D eigenvalue weighted by Crippen LogP contribution is -2.40. The number of esters is 1. The standard InChI is InChI=1S/C14H24O3SSi/c1-14(2,3)19(5,6)17-10-12-8-7-11(18-12)9-13(15)16-4/h7-8H,9-10H2,1-6H3. The molecular weight excluding hydrogens is 276 g/mol. The number of carbonyl (C=O) groups is 1. The van der Waals surface area contributed by atoms with E-state index in [1.54, 1.807) is 11.3 Å². The van der Waals surface area contributed by atoms with Gasteiger partial charge in [0.1, 0.15) is 0 Å². The molecule has 5 heteroatoms. The van der Waals surface area contributed by atoms with Gasteiger partial charge < -0.3 is 9.16 Å². The Labute approximate surface area is 121 Å². The molecule has 0 atom stereocenters. The third kappa shape index (κ3) is 4.74. The summed E-state index contributed by atoms with van der Waals surface area (Å²) in [5, 5.41) is 0.221. The monoisotopic (exact) mass is 300 g/mol. The van der Waals surface area contributed by atoms with Crippen molar-refractivity contribution in [3.63, 3.8) is 0 Å². The summed E-state index contributed by atoms with van der Waals surface area (Å²) in [7, 11) is -0.288. The molecule has 0 N–H and O–H groups in total. The Morgan fingerprint density at radius 1 is 1.26 bits per heavy atom. The molecule has 0 saturated heterocycles. The number of hydrogen-bond donors (Lipinski definition) is 0. The molecule has 0 aliphatic rings. The highest BCUT2D eigenvalue weighted by Gasteiger charge is 2.37. The van der Waals surface area contributed by atoms with Crippen LogP contribution in [0.5, 0.6) is 0 Å². The molecule has 19 heavy (non-hydrogen) atoms. The molecule has 0 radical (unpaired) electrons. The maximum absolute atomic E-state index is 11.2. The molecule has 0 amide bonds. The fourth-order valence-electron chi connectivity index (χ4n) is 1.28. The van der Waals surface area contributed by atoms with Gasteiger partial charge >= 0.3 is 5.97 Å². The van der Waals surface area contributed by atoms with Crippen molar-refractivity contribution >= 4 is 25.6 Å². The molecule has 0 bridgehead atoms. The first-order valence-corrected chi connectivity index (χ1v) is 10.2. The van der Waals surface area contributed by atoms with Crippen LogP contribution in [0, 0.1) is 0 Å². The zero-order valence-corrected chi connectivity index (χ0v) is 14.5. The molecule has 0 saturated carbocycles. The van der Waals surface area contributed by atoms with E-state index in [1.807, 2.05) is 12.1 Å². The molecule has 1 heterocycles. The third-order valence-corrected chi connectivity index (χ3v) is 9.18. The molecule has 0 unspecified atom stereocenters. The minimum absolute atomic E-state index is 0.196. The lowest BCUT2D eigenvalue weighted by molar-refractivity contribution is -0.139. The van der Waals surface area contributed by atoms with E-state index in [0.29, 0.717) is 13.0 Å². The van der Waals surface area contributed by atoms with Crippen LogP contribution in [-0.4, -0.2) is 21.4 Å².